The van der Waals surface area contributed by atoms with E-state index in [9.17, 15) is 14.4 Å². The van der Waals surface area contributed by atoms with Gasteiger partial charge in [-0.3, -0.25) is 0 Å². The zero-order valence-corrected chi connectivity index (χ0v) is 18.5. The van der Waals surface area contributed by atoms with E-state index >= 15 is 0 Å². The van der Waals surface area contributed by atoms with E-state index in [0.717, 1.165) is 24.0 Å². The van der Waals surface area contributed by atoms with Gasteiger partial charge >= 0.3 is 17.7 Å². The molecule has 7 heteroatoms. The van der Waals surface area contributed by atoms with Gasteiger partial charge in [-0.2, -0.15) is 0 Å². The smallest absolute Gasteiger partial charge is 0.408 e. The zero-order chi connectivity index (χ0) is 23.1. The number of benzene rings is 2. The molecule has 7 nitrogen and oxygen atoms in total. The fraction of sp³-hybridized carbons (Fsp3) is 0.320. The molecule has 1 atom stereocenters. The van der Waals surface area contributed by atoms with E-state index in [0.29, 0.717) is 23.0 Å². The van der Waals surface area contributed by atoms with Gasteiger partial charge in [0, 0.05) is 6.07 Å². The monoisotopic (exact) mass is 437 g/mol. The third kappa shape index (κ3) is 5.97. The number of carbonyl (C=O) groups is 2. The summed E-state index contributed by atoms with van der Waals surface area (Å²) in [6.45, 7) is 5.66. The van der Waals surface area contributed by atoms with E-state index in [1.807, 2.05) is 44.2 Å². The Morgan fingerprint density at radius 2 is 1.84 bits per heavy atom. The Morgan fingerprint density at radius 3 is 2.56 bits per heavy atom. The van der Waals surface area contributed by atoms with E-state index in [-0.39, 0.29) is 12.4 Å². The van der Waals surface area contributed by atoms with Crippen LogP contribution in [0.2, 0.25) is 0 Å². The summed E-state index contributed by atoms with van der Waals surface area (Å²) >= 11 is 0. The Bertz CT molecular complexity index is 1150. The summed E-state index contributed by atoms with van der Waals surface area (Å²) in [6.07, 6.45) is 1.29. The predicted octanol–water partition coefficient (Wildman–Crippen LogP) is 4.80. The first kappa shape index (κ1) is 23.1. The van der Waals surface area contributed by atoms with Gasteiger partial charge in [-0.05, 0) is 49.1 Å². The highest BCUT2D eigenvalue weighted by Gasteiger charge is 2.24. The Morgan fingerprint density at radius 1 is 1.09 bits per heavy atom. The second kappa shape index (κ2) is 10.6. The minimum atomic E-state index is -0.871. The highest BCUT2D eigenvalue weighted by molar-refractivity contribution is 5.91. The first-order valence-corrected chi connectivity index (χ1v) is 10.6. The molecule has 0 aliphatic carbocycles. The van der Waals surface area contributed by atoms with Crippen LogP contribution in [0, 0.1) is 13.8 Å². The van der Waals surface area contributed by atoms with Gasteiger partial charge in [-0.15, -0.1) is 0 Å². The molecule has 0 aliphatic heterocycles. The first-order chi connectivity index (χ1) is 15.4. The molecule has 0 fully saturated rings. The van der Waals surface area contributed by atoms with Crippen LogP contribution < -0.4 is 15.7 Å². The lowest BCUT2D eigenvalue weighted by molar-refractivity contribution is -0.136. The number of hydrogen-bond acceptors (Lipinski definition) is 6. The third-order valence-corrected chi connectivity index (χ3v) is 5.00. The normalized spacial score (nSPS) is 11.7. The van der Waals surface area contributed by atoms with Crippen LogP contribution in [0.15, 0.2) is 57.7 Å². The number of esters is 1. The Balaban J connectivity index is 1.76. The first-order valence-electron chi connectivity index (χ1n) is 10.6. The molecule has 1 amide bonds. The maximum atomic E-state index is 13.0. The van der Waals surface area contributed by atoms with Crippen molar-refractivity contribution in [2.45, 2.75) is 52.7 Å². The number of aryl methyl sites for hydroxylation is 2. The summed E-state index contributed by atoms with van der Waals surface area (Å²) < 4.78 is 16.2. The Hall–Kier alpha value is -3.61. The number of carbonyl (C=O) groups excluding carboxylic acids is 2. The number of unbranched alkanes of at least 4 members (excludes halogenated alkanes) is 1. The maximum absolute atomic E-state index is 13.0. The standard InChI is InChI=1S/C25H27NO6/c1-4-5-11-19(26-25(29)30-15-18-9-7-6-8-10-18)24(28)32-21-13-16(2)12-20-23(21)17(3)14-22(27)31-20/h6-10,12-14,19H,4-5,11,15H2,1-3H3,(H,26,29)/t19-/m1/s1. The van der Waals surface area contributed by atoms with Crippen molar-refractivity contribution in [2.24, 2.45) is 0 Å². The molecule has 0 saturated heterocycles. The van der Waals surface area contributed by atoms with Crippen LogP contribution in [-0.4, -0.2) is 18.1 Å². The molecule has 1 aromatic heterocycles. The average molecular weight is 437 g/mol. The van der Waals surface area contributed by atoms with Crippen molar-refractivity contribution in [2.75, 3.05) is 0 Å². The zero-order valence-electron chi connectivity index (χ0n) is 18.5. The molecule has 1 N–H and O–H groups in total. The maximum Gasteiger partial charge on any atom is 0.408 e. The van der Waals surface area contributed by atoms with Crippen LogP contribution in [0.1, 0.15) is 42.9 Å². The number of amides is 1. The SMILES string of the molecule is CCCC[C@@H](NC(=O)OCc1ccccc1)C(=O)Oc1cc(C)cc2oc(=O)cc(C)c12. The van der Waals surface area contributed by atoms with E-state index < -0.39 is 23.7 Å². The van der Waals surface area contributed by atoms with E-state index in [1.165, 1.54) is 6.07 Å². The van der Waals surface area contributed by atoms with Gasteiger partial charge in [0.25, 0.3) is 0 Å². The van der Waals surface area contributed by atoms with Crippen LogP contribution in [0.5, 0.6) is 5.75 Å². The lowest BCUT2D eigenvalue weighted by atomic mass is 10.1. The molecule has 3 aromatic rings. The van der Waals surface area contributed by atoms with Crippen LogP contribution >= 0.6 is 0 Å². The van der Waals surface area contributed by atoms with Crippen LogP contribution in [0.3, 0.4) is 0 Å². The highest BCUT2D eigenvalue weighted by Crippen LogP contribution is 2.30. The van der Waals surface area contributed by atoms with Crippen molar-refractivity contribution in [3.8, 4) is 5.75 Å². The number of alkyl carbamates (subject to hydrolysis) is 1. The van der Waals surface area contributed by atoms with Gasteiger partial charge in [-0.25, -0.2) is 14.4 Å². The molecule has 2 aromatic carbocycles. The van der Waals surface area contributed by atoms with Crippen molar-refractivity contribution in [3.05, 3.63) is 75.6 Å². The Labute approximate surface area is 186 Å². The number of fused-ring (bicyclic) bond motifs is 1. The lowest BCUT2D eigenvalue weighted by Gasteiger charge is -2.18. The van der Waals surface area contributed by atoms with E-state index in [4.69, 9.17) is 13.9 Å². The van der Waals surface area contributed by atoms with Crippen molar-refractivity contribution in [3.63, 3.8) is 0 Å². The minimum Gasteiger partial charge on any atom is -0.445 e. The molecular weight excluding hydrogens is 410 g/mol. The molecule has 0 bridgehead atoms. The van der Waals surface area contributed by atoms with Gasteiger partial charge in [0.2, 0.25) is 0 Å². The fourth-order valence-corrected chi connectivity index (χ4v) is 3.40. The molecule has 168 valence electrons. The summed E-state index contributed by atoms with van der Waals surface area (Å²) in [5, 5.41) is 3.17. The number of nitrogens with one attached hydrogen (secondary N) is 1. The second-order valence-corrected chi connectivity index (χ2v) is 7.71. The fourth-order valence-electron chi connectivity index (χ4n) is 3.40. The van der Waals surface area contributed by atoms with E-state index in [2.05, 4.69) is 5.32 Å². The molecular formula is C25H27NO6. The summed E-state index contributed by atoms with van der Waals surface area (Å²) in [5.41, 5.74) is 2.13. The second-order valence-electron chi connectivity index (χ2n) is 7.71. The van der Waals surface area contributed by atoms with Gasteiger partial charge < -0.3 is 19.2 Å². The molecule has 0 spiro atoms. The average Bonchev–Trinajstić information content (AvgIpc) is 2.75. The summed E-state index contributed by atoms with van der Waals surface area (Å²) in [7, 11) is 0. The topological polar surface area (TPSA) is 94.8 Å². The summed E-state index contributed by atoms with van der Waals surface area (Å²) in [4.78, 5) is 37.0. The molecule has 0 saturated carbocycles. The van der Waals surface area contributed by atoms with Gasteiger partial charge in [-0.1, -0.05) is 50.1 Å². The number of rotatable bonds is 8. The largest absolute Gasteiger partial charge is 0.445 e. The van der Waals surface area contributed by atoms with Crippen LogP contribution in [0.25, 0.3) is 11.0 Å². The number of hydrogen-bond donors (Lipinski definition) is 1. The van der Waals surface area contributed by atoms with Gasteiger partial charge in [0.15, 0.2) is 0 Å². The lowest BCUT2D eigenvalue weighted by Crippen LogP contribution is -2.43. The quantitative estimate of drug-likeness (QED) is 0.309. The molecule has 0 radical (unpaired) electrons. The highest BCUT2D eigenvalue weighted by atomic mass is 16.6. The Kier molecular flexibility index (Phi) is 7.65. The summed E-state index contributed by atoms with van der Waals surface area (Å²) in [6, 6.07) is 13.2. The van der Waals surface area contributed by atoms with Crippen molar-refractivity contribution in [1.82, 2.24) is 5.32 Å². The van der Waals surface area contributed by atoms with Crippen LogP contribution in [-0.2, 0) is 16.1 Å². The van der Waals surface area contributed by atoms with Crippen molar-refractivity contribution in [1.29, 1.82) is 0 Å². The molecule has 0 aliphatic rings. The van der Waals surface area contributed by atoms with Crippen molar-refractivity contribution >= 4 is 23.0 Å². The molecule has 0 unspecified atom stereocenters. The van der Waals surface area contributed by atoms with Crippen molar-refractivity contribution < 1.29 is 23.5 Å². The van der Waals surface area contributed by atoms with Gasteiger partial charge in [0.05, 0.1) is 5.39 Å². The van der Waals surface area contributed by atoms with Crippen LogP contribution in [0.4, 0.5) is 4.79 Å². The summed E-state index contributed by atoms with van der Waals surface area (Å²) in [5.74, 6) is -0.320. The minimum absolute atomic E-state index is 0.100. The van der Waals surface area contributed by atoms with Gasteiger partial charge in [0.1, 0.15) is 24.0 Å². The third-order valence-electron chi connectivity index (χ3n) is 5.00. The predicted molar refractivity (Wildman–Crippen MR) is 121 cm³/mol. The number of ether oxygens (including phenoxy) is 2. The molecule has 3 rings (SSSR count). The molecule has 1 heterocycles. The molecule has 32 heavy (non-hydrogen) atoms. The van der Waals surface area contributed by atoms with E-state index in [1.54, 1.807) is 19.1 Å².